The van der Waals surface area contributed by atoms with E-state index in [9.17, 15) is 14.7 Å². The van der Waals surface area contributed by atoms with Crippen LogP contribution in [0.25, 0.3) is 0 Å². The molecule has 0 saturated heterocycles. The van der Waals surface area contributed by atoms with Crippen LogP contribution in [0, 0.1) is 0 Å². The summed E-state index contributed by atoms with van der Waals surface area (Å²) >= 11 is 1.54. The maximum atomic E-state index is 11.2. The standard InChI is InChI=1S/C30H41NO4S/c1-3-4-5-6-7-10-24-15-17-25(18-16-24)11-8-13-29(28(33)12-9-14-30(34)35)36-27-21-19-26(20-22-27)31-23(2)32/h8,13,15-22,28-29,33H,3-7,9-12,14H2,1-2H3,(H,31,32)(H,34,35)/b13-8-/t28-,29+/m0/s1. The molecular weight excluding hydrogens is 470 g/mol. The number of rotatable bonds is 17. The van der Waals surface area contributed by atoms with Crippen molar-refractivity contribution in [2.45, 2.75) is 94.3 Å². The van der Waals surface area contributed by atoms with Crippen molar-refractivity contribution in [2.75, 3.05) is 5.32 Å². The van der Waals surface area contributed by atoms with Crippen LogP contribution in [0.3, 0.4) is 0 Å². The number of benzene rings is 2. The minimum atomic E-state index is -0.847. The van der Waals surface area contributed by atoms with Gasteiger partial charge in [-0.15, -0.1) is 11.8 Å². The molecule has 0 bridgehead atoms. The molecule has 0 spiro atoms. The molecule has 5 nitrogen and oxygen atoms in total. The lowest BCUT2D eigenvalue weighted by Gasteiger charge is -2.20. The Morgan fingerprint density at radius 1 is 0.944 bits per heavy atom. The first kappa shape index (κ1) is 29.7. The fourth-order valence-electron chi connectivity index (χ4n) is 3.96. The molecule has 196 valence electrons. The van der Waals surface area contributed by atoms with Crippen molar-refractivity contribution >= 4 is 29.3 Å². The van der Waals surface area contributed by atoms with Crippen LogP contribution in [0.4, 0.5) is 5.69 Å². The second-order valence-corrected chi connectivity index (χ2v) is 10.5. The third-order valence-electron chi connectivity index (χ3n) is 5.99. The number of aryl methyl sites for hydroxylation is 1. The number of aliphatic hydroxyl groups is 1. The second-order valence-electron chi connectivity index (χ2n) is 9.25. The minimum absolute atomic E-state index is 0.0501. The molecule has 2 rings (SSSR count). The van der Waals surface area contributed by atoms with E-state index in [1.807, 2.05) is 30.3 Å². The van der Waals surface area contributed by atoms with E-state index in [1.54, 1.807) is 0 Å². The molecule has 2 aromatic carbocycles. The van der Waals surface area contributed by atoms with Gasteiger partial charge in [0.2, 0.25) is 5.91 Å². The number of carboxylic acid groups (broad SMARTS) is 1. The van der Waals surface area contributed by atoms with E-state index in [2.05, 4.69) is 42.6 Å². The molecule has 2 aromatic rings. The molecule has 0 aromatic heterocycles. The van der Waals surface area contributed by atoms with Gasteiger partial charge in [-0.1, -0.05) is 69.0 Å². The SMILES string of the molecule is CCCCCCCc1ccc(C/C=C\[C@@H](Sc2ccc(NC(C)=O)cc2)[C@@H](O)CCCC(=O)O)cc1. The first-order valence-electron chi connectivity index (χ1n) is 13.1. The zero-order chi connectivity index (χ0) is 26.2. The third kappa shape index (κ3) is 12.4. The molecular formula is C30H41NO4S. The van der Waals surface area contributed by atoms with Gasteiger partial charge in [0.1, 0.15) is 0 Å². The summed E-state index contributed by atoms with van der Waals surface area (Å²) in [6.45, 7) is 3.71. The highest BCUT2D eigenvalue weighted by Gasteiger charge is 2.18. The monoisotopic (exact) mass is 511 g/mol. The number of aliphatic hydroxyl groups excluding tert-OH is 1. The molecule has 3 N–H and O–H groups in total. The van der Waals surface area contributed by atoms with Crippen LogP contribution in [0.5, 0.6) is 0 Å². The maximum Gasteiger partial charge on any atom is 0.303 e. The van der Waals surface area contributed by atoms with Gasteiger partial charge in [0.15, 0.2) is 0 Å². The van der Waals surface area contributed by atoms with Crippen LogP contribution in [0.2, 0.25) is 0 Å². The van der Waals surface area contributed by atoms with E-state index in [1.165, 1.54) is 61.9 Å². The van der Waals surface area contributed by atoms with E-state index in [-0.39, 0.29) is 17.6 Å². The molecule has 0 aliphatic carbocycles. The number of amides is 1. The Hall–Kier alpha value is -2.57. The molecule has 1 amide bonds. The van der Waals surface area contributed by atoms with Gasteiger partial charge in [-0.05, 0) is 67.5 Å². The van der Waals surface area contributed by atoms with Crippen molar-refractivity contribution in [3.63, 3.8) is 0 Å². The molecule has 0 saturated carbocycles. The van der Waals surface area contributed by atoms with Gasteiger partial charge in [0, 0.05) is 23.9 Å². The summed E-state index contributed by atoms with van der Waals surface area (Å²) in [4.78, 5) is 23.1. The van der Waals surface area contributed by atoms with Gasteiger partial charge in [-0.25, -0.2) is 0 Å². The molecule has 0 fully saturated rings. The number of carbonyl (C=O) groups is 2. The molecule has 2 atom stereocenters. The summed E-state index contributed by atoms with van der Waals surface area (Å²) in [5.41, 5.74) is 3.33. The van der Waals surface area contributed by atoms with Crippen molar-refractivity contribution in [3.8, 4) is 0 Å². The van der Waals surface area contributed by atoms with Gasteiger partial charge in [-0.3, -0.25) is 9.59 Å². The van der Waals surface area contributed by atoms with Crippen molar-refractivity contribution < 1.29 is 19.8 Å². The van der Waals surface area contributed by atoms with Gasteiger partial charge < -0.3 is 15.5 Å². The average molecular weight is 512 g/mol. The van der Waals surface area contributed by atoms with Crippen LogP contribution in [-0.2, 0) is 22.4 Å². The van der Waals surface area contributed by atoms with Crippen molar-refractivity contribution in [3.05, 3.63) is 71.8 Å². The zero-order valence-electron chi connectivity index (χ0n) is 21.6. The summed E-state index contributed by atoms with van der Waals surface area (Å²) in [7, 11) is 0. The van der Waals surface area contributed by atoms with Crippen molar-refractivity contribution in [1.82, 2.24) is 0 Å². The molecule has 0 heterocycles. The Labute approximate surface area is 220 Å². The van der Waals surface area contributed by atoms with Crippen molar-refractivity contribution in [2.24, 2.45) is 0 Å². The summed E-state index contributed by atoms with van der Waals surface area (Å²) < 4.78 is 0. The number of thioether (sulfide) groups is 1. The number of unbranched alkanes of at least 4 members (excludes halogenated alkanes) is 4. The number of carboxylic acids is 1. The van der Waals surface area contributed by atoms with E-state index < -0.39 is 12.1 Å². The Bertz CT molecular complexity index is 940. The zero-order valence-corrected chi connectivity index (χ0v) is 22.4. The Morgan fingerprint density at radius 2 is 1.61 bits per heavy atom. The number of nitrogens with one attached hydrogen (secondary N) is 1. The van der Waals surface area contributed by atoms with Crippen LogP contribution in [0.1, 0.15) is 76.3 Å². The highest BCUT2D eigenvalue weighted by atomic mass is 32.2. The van der Waals surface area contributed by atoms with Crippen molar-refractivity contribution in [1.29, 1.82) is 0 Å². The first-order chi connectivity index (χ1) is 17.4. The van der Waals surface area contributed by atoms with Gasteiger partial charge in [-0.2, -0.15) is 0 Å². The number of hydrogen-bond donors (Lipinski definition) is 3. The Balaban J connectivity index is 1.96. The smallest absolute Gasteiger partial charge is 0.303 e. The van der Waals surface area contributed by atoms with E-state index in [4.69, 9.17) is 5.11 Å². The summed E-state index contributed by atoms with van der Waals surface area (Å²) in [6, 6.07) is 16.3. The van der Waals surface area contributed by atoms with Gasteiger partial charge in [0.05, 0.1) is 11.4 Å². The lowest BCUT2D eigenvalue weighted by atomic mass is 10.0. The molecule has 0 unspecified atom stereocenters. The molecule has 6 heteroatoms. The largest absolute Gasteiger partial charge is 0.481 e. The van der Waals surface area contributed by atoms with E-state index >= 15 is 0 Å². The maximum absolute atomic E-state index is 11.2. The first-order valence-corrected chi connectivity index (χ1v) is 13.9. The highest BCUT2D eigenvalue weighted by Crippen LogP contribution is 2.29. The number of carbonyl (C=O) groups excluding carboxylic acids is 1. The Kier molecular flexibility index (Phi) is 14.0. The van der Waals surface area contributed by atoms with E-state index in [0.717, 1.165) is 23.4 Å². The number of hydrogen-bond acceptors (Lipinski definition) is 4. The fraction of sp³-hybridized carbons (Fsp3) is 0.467. The normalized spacial score (nSPS) is 13.0. The topological polar surface area (TPSA) is 86.6 Å². The lowest BCUT2D eigenvalue weighted by molar-refractivity contribution is -0.137. The summed E-state index contributed by atoms with van der Waals surface area (Å²) in [5, 5.41) is 22.3. The highest BCUT2D eigenvalue weighted by molar-refractivity contribution is 8.00. The fourth-order valence-corrected chi connectivity index (χ4v) is 5.05. The number of allylic oxidation sites excluding steroid dienone is 1. The predicted molar refractivity (Wildman–Crippen MR) is 150 cm³/mol. The molecule has 36 heavy (non-hydrogen) atoms. The van der Waals surface area contributed by atoms with Crippen LogP contribution in [0.15, 0.2) is 65.6 Å². The number of anilines is 1. The Morgan fingerprint density at radius 3 is 2.25 bits per heavy atom. The predicted octanol–water partition coefficient (Wildman–Crippen LogP) is 7.03. The summed E-state index contributed by atoms with van der Waals surface area (Å²) in [6.07, 6.45) is 12.7. The summed E-state index contributed by atoms with van der Waals surface area (Å²) in [5.74, 6) is -0.968. The van der Waals surface area contributed by atoms with Crippen LogP contribution >= 0.6 is 11.8 Å². The molecule has 0 aliphatic rings. The molecule has 0 radical (unpaired) electrons. The lowest BCUT2D eigenvalue weighted by Crippen LogP contribution is -2.21. The minimum Gasteiger partial charge on any atom is -0.481 e. The van der Waals surface area contributed by atoms with Gasteiger partial charge >= 0.3 is 5.97 Å². The van der Waals surface area contributed by atoms with E-state index in [0.29, 0.717) is 12.8 Å². The quantitative estimate of drug-likeness (QED) is 0.121. The average Bonchev–Trinajstić information content (AvgIpc) is 2.84. The van der Waals surface area contributed by atoms with Gasteiger partial charge in [0.25, 0.3) is 0 Å². The number of aliphatic carboxylic acids is 1. The molecule has 0 aliphatic heterocycles. The van der Waals surface area contributed by atoms with Crippen LogP contribution < -0.4 is 5.32 Å². The third-order valence-corrected chi connectivity index (χ3v) is 7.28. The van der Waals surface area contributed by atoms with Crippen LogP contribution in [-0.4, -0.2) is 33.4 Å². The second kappa shape index (κ2) is 17.0.